The second kappa shape index (κ2) is 4.20. The zero-order valence-corrected chi connectivity index (χ0v) is 8.80. The molecule has 0 spiro atoms. The summed E-state index contributed by atoms with van der Waals surface area (Å²) in [4.78, 5) is 14.6. The van der Waals surface area contributed by atoms with E-state index < -0.39 is 11.7 Å². The van der Waals surface area contributed by atoms with Crippen molar-refractivity contribution in [3.8, 4) is 0 Å². The molecule has 1 amide bonds. The van der Waals surface area contributed by atoms with Crippen LogP contribution in [0.4, 0.5) is 10.1 Å². The third-order valence-corrected chi connectivity index (χ3v) is 2.13. The van der Waals surface area contributed by atoms with Gasteiger partial charge in [-0.1, -0.05) is 0 Å². The van der Waals surface area contributed by atoms with Crippen molar-refractivity contribution in [2.45, 2.75) is 6.54 Å². The van der Waals surface area contributed by atoms with Gasteiger partial charge in [-0.05, 0) is 11.6 Å². The lowest BCUT2D eigenvalue weighted by Crippen LogP contribution is -2.14. The first-order chi connectivity index (χ1) is 8.06. The van der Waals surface area contributed by atoms with Gasteiger partial charge in [-0.15, -0.1) is 0 Å². The number of nitrogens with two attached hydrogens (primary N) is 2. The highest BCUT2D eigenvalue weighted by Gasteiger charge is 2.11. The van der Waals surface area contributed by atoms with Crippen LogP contribution in [0.15, 0.2) is 24.7 Å². The lowest BCUT2D eigenvalue weighted by atomic mass is 10.3. The van der Waals surface area contributed by atoms with Gasteiger partial charge in [0.1, 0.15) is 5.82 Å². The molecule has 0 saturated heterocycles. The summed E-state index contributed by atoms with van der Waals surface area (Å²) >= 11 is 0. The van der Waals surface area contributed by atoms with Gasteiger partial charge in [-0.25, -0.2) is 4.39 Å². The molecular formula is C10H10FN5O. The number of carbonyl (C=O) groups is 1. The lowest BCUT2D eigenvalue weighted by Gasteiger charge is -2.00. The first-order valence-corrected chi connectivity index (χ1v) is 4.78. The fraction of sp³-hybridized carbons (Fsp3) is 0.100. The normalized spacial score (nSPS) is 10.4. The number of anilines is 1. The maximum absolute atomic E-state index is 12.9. The molecule has 0 radical (unpaired) electrons. The van der Waals surface area contributed by atoms with Crippen LogP contribution in [0.2, 0.25) is 0 Å². The Morgan fingerprint density at radius 1 is 1.47 bits per heavy atom. The monoisotopic (exact) mass is 235 g/mol. The number of nitrogens with zero attached hydrogens (tertiary/aromatic N) is 3. The SMILES string of the molecule is NC(=O)c1nn(Cc2cncc(F)c2)cc1N. The van der Waals surface area contributed by atoms with E-state index in [9.17, 15) is 9.18 Å². The molecule has 0 atom stereocenters. The van der Waals surface area contributed by atoms with Gasteiger partial charge in [0.05, 0.1) is 18.4 Å². The third-order valence-electron chi connectivity index (χ3n) is 2.13. The predicted octanol–water partition coefficient (Wildman–Crippen LogP) is 0.147. The summed E-state index contributed by atoms with van der Waals surface area (Å²) in [5.74, 6) is -1.13. The number of aromatic nitrogens is 3. The van der Waals surface area contributed by atoms with E-state index in [1.54, 1.807) is 0 Å². The van der Waals surface area contributed by atoms with Gasteiger partial charge in [0.2, 0.25) is 0 Å². The molecule has 0 aliphatic rings. The van der Waals surface area contributed by atoms with Crippen LogP contribution in [-0.4, -0.2) is 20.7 Å². The molecule has 2 aromatic heterocycles. The van der Waals surface area contributed by atoms with Crippen LogP contribution in [0, 0.1) is 5.82 Å². The molecule has 0 bridgehead atoms. The van der Waals surface area contributed by atoms with E-state index in [2.05, 4.69) is 10.1 Å². The molecule has 0 fully saturated rings. The molecule has 0 aliphatic heterocycles. The molecule has 2 heterocycles. The quantitative estimate of drug-likeness (QED) is 0.790. The number of primary amides is 1. The van der Waals surface area contributed by atoms with Crippen LogP contribution < -0.4 is 11.5 Å². The topological polar surface area (TPSA) is 99.8 Å². The Hall–Kier alpha value is -2.44. The zero-order valence-electron chi connectivity index (χ0n) is 8.80. The van der Waals surface area contributed by atoms with E-state index in [-0.39, 0.29) is 17.9 Å². The lowest BCUT2D eigenvalue weighted by molar-refractivity contribution is 0.0995. The molecule has 2 aromatic rings. The van der Waals surface area contributed by atoms with E-state index in [1.807, 2.05) is 0 Å². The van der Waals surface area contributed by atoms with Crippen molar-refractivity contribution < 1.29 is 9.18 Å². The summed E-state index contributed by atoms with van der Waals surface area (Å²) in [6, 6.07) is 1.33. The van der Waals surface area contributed by atoms with Crippen LogP contribution in [0.1, 0.15) is 16.1 Å². The maximum Gasteiger partial charge on any atom is 0.271 e. The van der Waals surface area contributed by atoms with Gasteiger partial charge in [-0.2, -0.15) is 5.10 Å². The molecule has 7 heteroatoms. The second-order valence-corrected chi connectivity index (χ2v) is 3.51. The Bertz CT molecular complexity index is 566. The summed E-state index contributed by atoms with van der Waals surface area (Å²) in [5, 5.41) is 3.90. The second-order valence-electron chi connectivity index (χ2n) is 3.51. The van der Waals surface area contributed by atoms with Crippen molar-refractivity contribution in [3.63, 3.8) is 0 Å². The first-order valence-electron chi connectivity index (χ1n) is 4.78. The third kappa shape index (κ3) is 2.39. The van der Waals surface area contributed by atoms with Crippen molar-refractivity contribution in [2.24, 2.45) is 5.73 Å². The van der Waals surface area contributed by atoms with Crippen molar-refractivity contribution in [1.82, 2.24) is 14.8 Å². The van der Waals surface area contributed by atoms with Crippen molar-refractivity contribution in [2.75, 3.05) is 5.73 Å². The highest BCUT2D eigenvalue weighted by molar-refractivity contribution is 5.95. The molecule has 17 heavy (non-hydrogen) atoms. The summed E-state index contributed by atoms with van der Waals surface area (Å²) in [6.07, 6.45) is 4.08. The molecule has 0 unspecified atom stereocenters. The average molecular weight is 235 g/mol. The number of hydrogen-bond acceptors (Lipinski definition) is 4. The Kier molecular flexibility index (Phi) is 2.73. The smallest absolute Gasteiger partial charge is 0.271 e. The minimum atomic E-state index is -0.696. The number of rotatable bonds is 3. The summed E-state index contributed by atoms with van der Waals surface area (Å²) in [5.41, 5.74) is 11.4. The molecule has 0 aromatic carbocycles. The van der Waals surface area contributed by atoms with Crippen LogP contribution in [-0.2, 0) is 6.54 Å². The Morgan fingerprint density at radius 3 is 2.82 bits per heavy atom. The number of amides is 1. The van der Waals surface area contributed by atoms with Crippen LogP contribution >= 0.6 is 0 Å². The van der Waals surface area contributed by atoms with Gasteiger partial charge in [-0.3, -0.25) is 14.5 Å². The fourth-order valence-corrected chi connectivity index (χ4v) is 1.44. The number of nitrogen functional groups attached to an aromatic ring is 1. The summed E-state index contributed by atoms with van der Waals surface area (Å²) in [6.45, 7) is 0.266. The largest absolute Gasteiger partial charge is 0.396 e. The van der Waals surface area contributed by atoms with E-state index in [0.29, 0.717) is 5.56 Å². The maximum atomic E-state index is 12.9. The minimum Gasteiger partial charge on any atom is -0.396 e. The highest BCUT2D eigenvalue weighted by atomic mass is 19.1. The molecule has 2 rings (SSSR count). The van der Waals surface area contributed by atoms with E-state index in [0.717, 1.165) is 6.20 Å². The number of hydrogen-bond donors (Lipinski definition) is 2. The molecule has 0 aliphatic carbocycles. The first kappa shape index (κ1) is 11.1. The summed E-state index contributed by atoms with van der Waals surface area (Å²) < 4.78 is 14.3. The van der Waals surface area contributed by atoms with Crippen molar-refractivity contribution >= 4 is 11.6 Å². The average Bonchev–Trinajstić information content (AvgIpc) is 2.59. The van der Waals surface area contributed by atoms with Crippen molar-refractivity contribution in [1.29, 1.82) is 0 Å². The molecule has 0 saturated carbocycles. The highest BCUT2D eigenvalue weighted by Crippen LogP contribution is 2.10. The Morgan fingerprint density at radius 2 is 2.24 bits per heavy atom. The fourth-order valence-electron chi connectivity index (χ4n) is 1.44. The van der Waals surface area contributed by atoms with Crippen LogP contribution in [0.3, 0.4) is 0 Å². The summed E-state index contributed by atoms with van der Waals surface area (Å²) in [7, 11) is 0. The van der Waals surface area contributed by atoms with Gasteiger partial charge >= 0.3 is 0 Å². The van der Waals surface area contributed by atoms with Gasteiger partial charge in [0, 0.05) is 12.4 Å². The Balaban J connectivity index is 2.25. The standard InChI is InChI=1S/C10H10FN5O/c11-7-1-6(2-14-3-7)4-16-5-8(12)9(15-16)10(13)17/h1-3,5H,4,12H2,(H2,13,17). The number of carbonyl (C=O) groups excluding carboxylic acids is 1. The Labute approximate surface area is 96.1 Å². The van der Waals surface area contributed by atoms with Gasteiger partial charge < -0.3 is 11.5 Å². The van der Waals surface area contributed by atoms with E-state index >= 15 is 0 Å². The van der Waals surface area contributed by atoms with Gasteiger partial charge in [0.15, 0.2) is 5.69 Å². The van der Waals surface area contributed by atoms with Crippen molar-refractivity contribution in [3.05, 3.63) is 41.7 Å². The number of halogens is 1. The number of pyridine rings is 1. The van der Waals surface area contributed by atoms with Gasteiger partial charge in [0.25, 0.3) is 5.91 Å². The zero-order chi connectivity index (χ0) is 12.4. The molecular weight excluding hydrogens is 225 g/mol. The molecule has 88 valence electrons. The van der Waals surface area contributed by atoms with E-state index in [4.69, 9.17) is 11.5 Å². The van der Waals surface area contributed by atoms with Crippen LogP contribution in [0.5, 0.6) is 0 Å². The minimum absolute atomic E-state index is 0.00867. The molecule has 6 nitrogen and oxygen atoms in total. The van der Waals surface area contributed by atoms with Crippen LogP contribution in [0.25, 0.3) is 0 Å². The predicted molar refractivity (Wildman–Crippen MR) is 58.5 cm³/mol. The molecule has 4 N–H and O–H groups in total. The van der Waals surface area contributed by atoms with E-state index in [1.165, 1.54) is 23.1 Å².